The molecule has 0 N–H and O–H groups in total. The minimum Gasteiger partial charge on any atom is -0.490 e. The highest BCUT2D eigenvalue weighted by atomic mass is 16.5. The Bertz CT molecular complexity index is 576. The van der Waals surface area contributed by atoms with Crippen molar-refractivity contribution in [2.24, 2.45) is 5.92 Å². The van der Waals surface area contributed by atoms with Crippen LogP contribution in [0.2, 0.25) is 0 Å². The van der Waals surface area contributed by atoms with Crippen LogP contribution in [-0.4, -0.2) is 36.6 Å². The molecule has 1 amide bonds. The summed E-state index contributed by atoms with van der Waals surface area (Å²) < 4.78 is 11.7. The van der Waals surface area contributed by atoms with Crippen LogP contribution in [0.15, 0.2) is 36.4 Å². The number of ether oxygens (including phenoxy) is 2. The third kappa shape index (κ3) is 4.31. The van der Waals surface area contributed by atoms with E-state index in [2.05, 4.69) is 12.2 Å². The zero-order valence-electron chi connectivity index (χ0n) is 14.4. The number of nitrogens with zero attached hydrogens (tertiary/aromatic N) is 1. The molecular weight excluding hydrogens is 302 g/mol. The van der Waals surface area contributed by atoms with Crippen LogP contribution in [0.5, 0.6) is 11.5 Å². The van der Waals surface area contributed by atoms with Gasteiger partial charge in [0.2, 0.25) is 5.91 Å². The summed E-state index contributed by atoms with van der Waals surface area (Å²) >= 11 is 0. The molecule has 1 aromatic carbocycles. The molecule has 1 aliphatic heterocycles. The van der Waals surface area contributed by atoms with Gasteiger partial charge in [-0.05, 0) is 37.8 Å². The molecule has 0 unspecified atom stereocenters. The number of para-hydroxylation sites is 2. The Labute approximate surface area is 144 Å². The van der Waals surface area contributed by atoms with Gasteiger partial charge in [0.15, 0.2) is 11.5 Å². The van der Waals surface area contributed by atoms with Crippen LogP contribution >= 0.6 is 0 Å². The van der Waals surface area contributed by atoms with Crippen LogP contribution in [0.1, 0.15) is 39.0 Å². The Morgan fingerprint density at radius 2 is 1.92 bits per heavy atom. The molecule has 0 bridgehead atoms. The molecular formula is C20H27NO3. The first kappa shape index (κ1) is 16.9. The zero-order chi connectivity index (χ0) is 16.8. The highest BCUT2D eigenvalue weighted by molar-refractivity contribution is 5.76. The number of benzene rings is 1. The van der Waals surface area contributed by atoms with Crippen molar-refractivity contribution in [3.8, 4) is 11.5 Å². The molecule has 1 fully saturated rings. The Kier molecular flexibility index (Phi) is 5.78. The second kappa shape index (κ2) is 8.22. The van der Waals surface area contributed by atoms with Gasteiger partial charge in [-0.25, -0.2) is 0 Å². The monoisotopic (exact) mass is 329 g/mol. The fraction of sp³-hybridized carbons (Fsp3) is 0.550. The highest BCUT2D eigenvalue weighted by Gasteiger charge is 2.26. The molecule has 2 aliphatic rings. The van der Waals surface area contributed by atoms with Crippen LogP contribution in [0.3, 0.4) is 0 Å². The molecule has 0 radical (unpaired) electrons. The van der Waals surface area contributed by atoms with Gasteiger partial charge in [0.25, 0.3) is 0 Å². The molecule has 0 aromatic heterocycles. The Balaban J connectivity index is 1.48. The van der Waals surface area contributed by atoms with E-state index >= 15 is 0 Å². The molecule has 4 heteroatoms. The predicted molar refractivity (Wildman–Crippen MR) is 94.3 cm³/mol. The third-order valence-corrected chi connectivity index (χ3v) is 4.79. The van der Waals surface area contributed by atoms with Gasteiger partial charge in [0.1, 0.15) is 6.10 Å². The van der Waals surface area contributed by atoms with Crippen molar-refractivity contribution in [2.45, 2.75) is 45.1 Å². The Hall–Kier alpha value is -1.97. The highest BCUT2D eigenvalue weighted by Crippen LogP contribution is 2.29. The summed E-state index contributed by atoms with van der Waals surface area (Å²) in [6.45, 7) is 4.18. The Morgan fingerprint density at radius 3 is 2.58 bits per heavy atom. The number of piperidine rings is 1. The van der Waals surface area contributed by atoms with Gasteiger partial charge in [-0.2, -0.15) is 0 Å². The molecule has 1 saturated heterocycles. The Morgan fingerprint density at radius 1 is 1.17 bits per heavy atom. The van der Waals surface area contributed by atoms with E-state index in [0.717, 1.165) is 50.3 Å². The standard InChI is InChI=1S/C20H27NO3/c1-2-23-18-9-5-6-10-19(18)24-17-11-13-21(14-12-17)20(22)15-16-7-3-4-8-16/h3,5-7,9-10,16-17H,2,4,8,11-15H2,1H3/t16-/m0/s1. The fourth-order valence-corrected chi connectivity index (χ4v) is 3.44. The quantitative estimate of drug-likeness (QED) is 0.745. The van der Waals surface area contributed by atoms with Gasteiger partial charge in [-0.1, -0.05) is 24.3 Å². The van der Waals surface area contributed by atoms with Crippen molar-refractivity contribution >= 4 is 5.91 Å². The molecule has 0 saturated carbocycles. The summed E-state index contributed by atoms with van der Waals surface area (Å²) in [5.41, 5.74) is 0. The van der Waals surface area contributed by atoms with Crippen LogP contribution in [0.25, 0.3) is 0 Å². The molecule has 1 heterocycles. The van der Waals surface area contributed by atoms with Crippen molar-refractivity contribution in [3.63, 3.8) is 0 Å². The second-order valence-electron chi connectivity index (χ2n) is 6.55. The van der Waals surface area contributed by atoms with Crippen LogP contribution in [-0.2, 0) is 4.79 Å². The minimum absolute atomic E-state index is 0.155. The molecule has 0 spiro atoms. The minimum atomic E-state index is 0.155. The number of likely N-dealkylation sites (tertiary alicyclic amines) is 1. The van der Waals surface area contributed by atoms with Crippen molar-refractivity contribution in [1.82, 2.24) is 4.90 Å². The van der Waals surface area contributed by atoms with Crippen LogP contribution in [0, 0.1) is 5.92 Å². The maximum Gasteiger partial charge on any atom is 0.223 e. The molecule has 1 atom stereocenters. The van der Waals surface area contributed by atoms with Gasteiger partial charge < -0.3 is 14.4 Å². The van der Waals surface area contributed by atoms with E-state index in [-0.39, 0.29) is 6.10 Å². The van der Waals surface area contributed by atoms with Crippen molar-refractivity contribution in [1.29, 1.82) is 0 Å². The smallest absolute Gasteiger partial charge is 0.223 e. The summed E-state index contributed by atoms with van der Waals surface area (Å²) in [6.07, 6.45) is 9.20. The van der Waals surface area contributed by atoms with Crippen molar-refractivity contribution in [2.75, 3.05) is 19.7 Å². The second-order valence-corrected chi connectivity index (χ2v) is 6.55. The molecule has 24 heavy (non-hydrogen) atoms. The predicted octanol–water partition coefficient (Wildman–Crippen LogP) is 3.81. The first-order valence-corrected chi connectivity index (χ1v) is 9.09. The maximum atomic E-state index is 12.4. The number of carbonyl (C=O) groups excluding carboxylic acids is 1. The number of amides is 1. The van der Waals surface area contributed by atoms with E-state index < -0.39 is 0 Å². The van der Waals surface area contributed by atoms with Crippen molar-refractivity contribution < 1.29 is 14.3 Å². The lowest BCUT2D eigenvalue weighted by molar-refractivity contribution is -0.133. The number of hydrogen-bond acceptors (Lipinski definition) is 3. The average molecular weight is 329 g/mol. The number of allylic oxidation sites excluding steroid dienone is 2. The molecule has 4 nitrogen and oxygen atoms in total. The van der Waals surface area contributed by atoms with E-state index in [0.29, 0.717) is 24.9 Å². The molecule has 1 aliphatic carbocycles. The molecule has 3 rings (SSSR count). The maximum absolute atomic E-state index is 12.4. The van der Waals surface area contributed by atoms with Gasteiger partial charge >= 0.3 is 0 Å². The zero-order valence-corrected chi connectivity index (χ0v) is 14.4. The van der Waals surface area contributed by atoms with E-state index in [4.69, 9.17) is 9.47 Å². The van der Waals surface area contributed by atoms with Gasteiger partial charge in [0, 0.05) is 32.4 Å². The van der Waals surface area contributed by atoms with Gasteiger partial charge in [-0.3, -0.25) is 4.79 Å². The number of hydrogen-bond donors (Lipinski definition) is 0. The van der Waals surface area contributed by atoms with Crippen LogP contribution in [0.4, 0.5) is 0 Å². The topological polar surface area (TPSA) is 38.8 Å². The fourth-order valence-electron chi connectivity index (χ4n) is 3.44. The summed E-state index contributed by atoms with van der Waals surface area (Å²) in [7, 11) is 0. The number of rotatable bonds is 6. The van der Waals surface area contributed by atoms with E-state index in [1.54, 1.807) is 0 Å². The van der Waals surface area contributed by atoms with Gasteiger partial charge in [0.05, 0.1) is 6.61 Å². The lowest BCUT2D eigenvalue weighted by atomic mass is 10.0. The molecule has 1 aromatic rings. The third-order valence-electron chi connectivity index (χ3n) is 4.79. The summed E-state index contributed by atoms with van der Waals surface area (Å²) in [5.74, 6) is 2.34. The summed E-state index contributed by atoms with van der Waals surface area (Å²) in [6, 6.07) is 7.81. The first-order chi connectivity index (χ1) is 11.8. The van der Waals surface area contributed by atoms with Crippen LogP contribution < -0.4 is 9.47 Å². The van der Waals surface area contributed by atoms with Crippen molar-refractivity contribution in [3.05, 3.63) is 36.4 Å². The first-order valence-electron chi connectivity index (χ1n) is 9.09. The van der Waals surface area contributed by atoms with E-state index in [9.17, 15) is 4.79 Å². The van der Waals surface area contributed by atoms with Gasteiger partial charge in [-0.15, -0.1) is 0 Å². The largest absolute Gasteiger partial charge is 0.490 e. The van der Waals surface area contributed by atoms with E-state index in [1.165, 1.54) is 0 Å². The SMILES string of the molecule is CCOc1ccccc1OC1CCN(C(=O)C[C@H]2C=CCC2)CC1. The lowest BCUT2D eigenvalue weighted by Gasteiger charge is -2.33. The average Bonchev–Trinajstić information content (AvgIpc) is 3.10. The molecule has 130 valence electrons. The lowest BCUT2D eigenvalue weighted by Crippen LogP contribution is -2.42. The normalized spacial score (nSPS) is 21.0. The summed E-state index contributed by atoms with van der Waals surface area (Å²) in [5, 5.41) is 0. The van der Waals surface area contributed by atoms with E-state index in [1.807, 2.05) is 36.1 Å². The number of carbonyl (C=O) groups is 1. The summed E-state index contributed by atoms with van der Waals surface area (Å²) in [4.78, 5) is 14.4.